The van der Waals surface area contributed by atoms with E-state index in [1.54, 1.807) is 6.04 Å². The van der Waals surface area contributed by atoms with Crippen molar-refractivity contribution in [1.82, 2.24) is 0 Å². The standard InChI is InChI=1S/C6H8Si/c1-2-4-7-5-6(7)3-1/h1-2,4,6H,3,5H2. The first-order chi connectivity index (χ1) is 3.47. The third kappa shape index (κ3) is 0.519. The minimum absolute atomic E-state index is 0.162. The highest BCUT2D eigenvalue weighted by Gasteiger charge is 2.29. The molecule has 0 aromatic rings. The van der Waals surface area contributed by atoms with Crippen molar-refractivity contribution in [2.45, 2.75) is 18.0 Å². The summed E-state index contributed by atoms with van der Waals surface area (Å²) in [4.78, 5) is 0. The molecule has 0 bridgehead atoms. The van der Waals surface area contributed by atoms with Gasteiger partial charge in [0.25, 0.3) is 0 Å². The molecule has 1 atom stereocenters. The highest BCUT2D eigenvalue weighted by atomic mass is 28.2. The molecular weight excluding hydrogens is 100 g/mol. The van der Waals surface area contributed by atoms with E-state index in [-0.39, 0.29) is 8.41 Å². The van der Waals surface area contributed by atoms with Gasteiger partial charge in [-0.2, -0.15) is 0 Å². The molecule has 0 spiro atoms. The summed E-state index contributed by atoms with van der Waals surface area (Å²) in [7, 11) is 0.162. The molecule has 2 rings (SSSR count). The fourth-order valence-corrected chi connectivity index (χ4v) is 3.30. The molecule has 1 fully saturated rings. The van der Waals surface area contributed by atoms with E-state index >= 15 is 0 Å². The van der Waals surface area contributed by atoms with Gasteiger partial charge in [0.05, 0.1) is 0 Å². The molecule has 36 valence electrons. The summed E-state index contributed by atoms with van der Waals surface area (Å²) in [6.45, 7) is 0. The lowest BCUT2D eigenvalue weighted by Gasteiger charge is -1.87. The van der Waals surface area contributed by atoms with Gasteiger partial charge < -0.3 is 0 Å². The third-order valence-electron chi connectivity index (χ3n) is 1.71. The van der Waals surface area contributed by atoms with Crippen molar-refractivity contribution < 1.29 is 0 Å². The van der Waals surface area contributed by atoms with Crippen LogP contribution >= 0.6 is 0 Å². The van der Waals surface area contributed by atoms with Crippen molar-refractivity contribution >= 4 is 14.1 Å². The monoisotopic (exact) mass is 108 g/mol. The van der Waals surface area contributed by atoms with Crippen molar-refractivity contribution in [2.75, 3.05) is 0 Å². The maximum Gasteiger partial charge on any atom is 0.0136 e. The number of rotatable bonds is 0. The second-order valence-corrected chi connectivity index (χ2v) is 5.01. The van der Waals surface area contributed by atoms with Crippen LogP contribution in [0, 0.1) is 0 Å². The molecule has 1 unspecified atom stereocenters. The SMILES string of the molecule is C1=CCC2C[Si]2=C1. The van der Waals surface area contributed by atoms with Gasteiger partial charge >= 0.3 is 0 Å². The van der Waals surface area contributed by atoms with Gasteiger partial charge in [-0.3, -0.25) is 0 Å². The minimum Gasteiger partial charge on any atom is -0.0847 e. The third-order valence-corrected chi connectivity index (χ3v) is 4.26. The van der Waals surface area contributed by atoms with E-state index in [4.69, 9.17) is 0 Å². The largest absolute Gasteiger partial charge is 0.0847 e. The maximum atomic E-state index is 2.43. The molecule has 7 heavy (non-hydrogen) atoms. The predicted molar refractivity (Wildman–Crippen MR) is 34.1 cm³/mol. The summed E-state index contributed by atoms with van der Waals surface area (Å²) in [5.74, 6) is 0. The average molecular weight is 108 g/mol. The van der Waals surface area contributed by atoms with Crippen LogP contribution < -0.4 is 0 Å². The van der Waals surface area contributed by atoms with Gasteiger partial charge in [-0.05, 0) is 18.0 Å². The Hall–Kier alpha value is -0.173. The Bertz CT molecular complexity index is 144. The summed E-state index contributed by atoms with van der Waals surface area (Å²) < 4.78 is 0. The van der Waals surface area contributed by atoms with Crippen molar-refractivity contribution in [3.8, 4) is 0 Å². The van der Waals surface area contributed by atoms with Gasteiger partial charge in [-0.15, -0.1) is 0 Å². The fraction of sp³-hybridized carbons (Fsp3) is 0.500. The zero-order valence-electron chi connectivity index (χ0n) is 4.22. The van der Waals surface area contributed by atoms with Crippen molar-refractivity contribution in [3.05, 3.63) is 12.2 Å². The van der Waals surface area contributed by atoms with Gasteiger partial charge in [0.15, 0.2) is 0 Å². The van der Waals surface area contributed by atoms with Crippen LogP contribution in [-0.2, 0) is 0 Å². The zero-order chi connectivity index (χ0) is 4.69. The summed E-state index contributed by atoms with van der Waals surface area (Å²) in [6.07, 6.45) is 5.94. The Morgan fingerprint density at radius 3 is 3.14 bits per heavy atom. The second kappa shape index (κ2) is 1.16. The van der Waals surface area contributed by atoms with Crippen LogP contribution in [0.1, 0.15) is 6.42 Å². The van der Waals surface area contributed by atoms with Crippen molar-refractivity contribution in [1.29, 1.82) is 0 Å². The molecule has 0 aromatic carbocycles. The van der Waals surface area contributed by atoms with E-state index in [9.17, 15) is 0 Å². The van der Waals surface area contributed by atoms with Crippen LogP contribution in [0.4, 0.5) is 0 Å². The topological polar surface area (TPSA) is 0 Å². The zero-order valence-corrected chi connectivity index (χ0v) is 5.22. The lowest BCUT2D eigenvalue weighted by atomic mass is 10.3. The van der Waals surface area contributed by atoms with Gasteiger partial charge in [0.2, 0.25) is 0 Å². The highest BCUT2D eigenvalue weighted by molar-refractivity contribution is 6.78. The molecule has 1 saturated heterocycles. The summed E-state index contributed by atoms with van der Waals surface area (Å²) in [5, 5.41) is 0. The quantitative estimate of drug-likeness (QED) is 0.409. The molecule has 0 nitrogen and oxygen atoms in total. The first kappa shape index (κ1) is 3.78. The van der Waals surface area contributed by atoms with E-state index in [1.165, 1.54) is 6.42 Å². The Kier molecular flexibility index (Phi) is 0.626. The van der Waals surface area contributed by atoms with Gasteiger partial charge in [-0.1, -0.05) is 17.8 Å². The van der Waals surface area contributed by atoms with E-state index < -0.39 is 0 Å². The predicted octanol–water partition coefficient (Wildman–Crippen LogP) is 1.21. The first-order valence-electron chi connectivity index (χ1n) is 2.82. The lowest BCUT2D eigenvalue weighted by Crippen LogP contribution is -1.84. The van der Waals surface area contributed by atoms with E-state index in [1.807, 2.05) is 0 Å². The van der Waals surface area contributed by atoms with Gasteiger partial charge in [-0.25, -0.2) is 0 Å². The molecule has 1 heteroatoms. The van der Waals surface area contributed by atoms with Crippen LogP contribution in [0.2, 0.25) is 11.6 Å². The molecule has 2 heterocycles. The molecule has 0 saturated carbocycles. The van der Waals surface area contributed by atoms with Crippen molar-refractivity contribution in [3.63, 3.8) is 0 Å². The minimum atomic E-state index is 0.162. The molecule has 0 amide bonds. The molecule has 0 radical (unpaired) electrons. The Morgan fingerprint density at radius 2 is 2.57 bits per heavy atom. The Labute approximate surface area is 45.1 Å². The van der Waals surface area contributed by atoms with Gasteiger partial charge in [0, 0.05) is 8.41 Å². The number of fused-ring (bicyclic) bond motifs is 1. The second-order valence-electron chi connectivity index (χ2n) is 2.31. The molecule has 0 aliphatic carbocycles. The summed E-state index contributed by atoms with van der Waals surface area (Å²) in [6, 6.07) is 1.57. The fourth-order valence-electron chi connectivity index (χ4n) is 1.10. The number of hydrogen-bond donors (Lipinski definition) is 0. The van der Waals surface area contributed by atoms with Gasteiger partial charge in [0.1, 0.15) is 0 Å². The van der Waals surface area contributed by atoms with Crippen molar-refractivity contribution in [2.24, 2.45) is 0 Å². The van der Waals surface area contributed by atoms with Crippen LogP contribution in [0.25, 0.3) is 0 Å². The molecule has 2 aliphatic heterocycles. The molecular formula is C6H8Si. The maximum absolute atomic E-state index is 2.43. The van der Waals surface area contributed by atoms with Crippen LogP contribution in [-0.4, -0.2) is 14.1 Å². The van der Waals surface area contributed by atoms with Crippen LogP contribution in [0.5, 0.6) is 0 Å². The first-order valence-corrected chi connectivity index (χ1v) is 4.68. The average Bonchev–Trinajstić information content (AvgIpc) is 2.41. The van der Waals surface area contributed by atoms with Crippen LogP contribution in [0.15, 0.2) is 12.2 Å². The molecule has 0 aromatic heterocycles. The Morgan fingerprint density at radius 1 is 1.57 bits per heavy atom. The molecule has 0 N–H and O–H groups in total. The van der Waals surface area contributed by atoms with E-state index in [0.717, 1.165) is 5.54 Å². The van der Waals surface area contributed by atoms with E-state index in [2.05, 4.69) is 17.8 Å². The Balaban J connectivity index is 2.31. The lowest BCUT2D eigenvalue weighted by molar-refractivity contribution is 1.05. The van der Waals surface area contributed by atoms with Crippen LogP contribution in [0.3, 0.4) is 0 Å². The molecule has 2 aliphatic rings. The summed E-state index contributed by atoms with van der Waals surface area (Å²) >= 11 is 0. The number of allylic oxidation sites excluding steroid dienone is 2. The number of hydrogen-bond acceptors (Lipinski definition) is 0. The highest BCUT2D eigenvalue weighted by Crippen LogP contribution is 2.37. The normalized spacial score (nSPS) is 34.3. The smallest absolute Gasteiger partial charge is 0.0136 e. The summed E-state index contributed by atoms with van der Waals surface area (Å²) in [5.41, 5.74) is 3.59. The van der Waals surface area contributed by atoms with E-state index in [0.29, 0.717) is 0 Å².